The van der Waals surface area contributed by atoms with Crippen LogP contribution in [-0.4, -0.2) is 64.9 Å². The third-order valence-electron chi connectivity index (χ3n) is 7.45. The van der Waals surface area contributed by atoms with Crippen molar-refractivity contribution < 1.29 is 9.59 Å². The first kappa shape index (κ1) is 22.3. The summed E-state index contributed by atoms with van der Waals surface area (Å²) in [5, 5.41) is 3.03. The maximum atomic E-state index is 13.5. The first-order valence-electron chi connectivity index (χ1n) is 12.3. The molecule has 0 saturated carbocycles. The Bertz CT molecular complexity index is 751. The predicted octanol–water partition coefficient (Wildman–Crippen LogP) is 3.34. The van der Waals surface area contributed by atoms with Crippen LogP contribution in [0.2, 0.25) is 0 Å². The summed E-state index contributed by atoms with van der Waals surface area (Å²) in [6.07, 6.45) is 10.6. The summed E-state index contributed by atoms with van der Waals surface area (Å²) in [4.78, 5) is 34.8. The molecule has 0 spiro atoms. The quantitative estimate of drug-likeness (QED) is 0.726. The monoisotopic (exact) mass is 426 g/mol. The van der Waals surface area contributed by atoms with E-state index >= 15 is 0 Å². The number of amides is 2. The first-order valence-corrected chi connectivity index (χ1v) is 12.3. The average molecular weight is 427 g/mol. The number of likely N-dealkylation sites (tertiary alicyclic amines) is 1. The Kier molecular flexibility index (Phi) is 7.26. The second-order valence-corrected chi connectivity index (χ2v) is 10.1. The maximum absolute atomic E-state index is 13.5. The minimum Gasteiger partial charge on any atom is -0.356 e. The third-order valence-corrected chi connectivity index (χ3v) is 7.45. The molecule has 0 aliphatic carbocycles. The van der Waals surface area contributed by atoms with Crippen LogP contribution in [0.25, 0.3) is 0 Å². The number of aromatic nitrogens is 1. The Morgan fingerprint density at radius 1 is 1.23 bits per heavy atom. The second kappa shape index (κ2) is 10.1. The smallest absolute Gasteiger partial charge is 0.255 e. The van der Waals surface area contributed by atoms with Gasteiger partial charge >= 0.3 is 0 Å². The molecule has 0 unspecified atom stereocenters. The van der Waals surface area contributed by atoms with Gasteiger partial charge in [0.15, 0.2) is 0 Å². The Morgan fingerprint density at radius 3 is 2.77 bits per heavy atom. The Hall–Kier alpha value is -1.95. The van der Waals surface area contributed by atoms with Gasteiger partial charge in [-0.2, -0.15) is 0 Å². The molecule has 6 heteroatoms. The molecule has 0 bridgehead atoms. The van der Waals surface area contributed by atoms with Crippen molar-refractivity contribution in [1.29, 1.82) is 0 Å². The fourth-order valence-corrected chi connectivity index (χ4v) is 6.13. The van der Waals surface area contributed by atoms with Gasteiger partial charge < -0.3 is 10.2 Å². The van der Waals surface area contributed by atoms with Crippen molar-refractivity contribution in [3.63, 3.8) is 0 Å². The van der Waals surface area contributed by atoms with Gasteiger partial charge in [0, 0.05) is 44.0 Å². The molecule has 3 saturated heterocycles. The molecular weight excluding hydrogens is 388 g/mol. The summed E-state index contributed by atoms with van der Waals surface area (Å²) in [7, 11) is 0. The van der Waals surface area contributed by atoms with Crippen LogP contribution in [0.4, 0.5) is 0 Å². The van der Waals surface area contributed by atoms with Crippen molar-refractivity contribution in [3.05, 3.63) is 30.1 Å². The topological polar surface area (TPSA) is 65.5 Å². The van der Waals surface area contributed by atoms with Gasteiger partial charge in [0.25, 0.3) is 5.91 Å². The molecule has 2 amide bonds. The molecule has 6 nitrogen and oxygen atoms in total. The number of rotatable bonds is 7. The van der Waals surface area contributed by atoms with E-state index in [1.165, 1.54) is 38.8 Å². The van der Waals surface area contributed by atoms with E-state index in [-0.39, 0.29) is 17.9 Å². The minimum atomic E-state index is 0.114. The number of nitrogens with one attached hydrogen (secondary N) is 1. The van der Waals surface area contributed by atoms with E-state index < -0.39 is 0 Å². The Morgan fingerprint density at radius 2 is 2.03 bits per heavy atom. The van der Waals surface area contributed by atoms with Crippen LogP contribution in [0.1, 0.15) is 69.2 Å². The number of carbonyl (C=O) groups excluding carboxylic acids is 2. The fourth-order valence-electron chi connectivity index (χ4n) is 6.13. The molecule has 1 aromatic heterocycles. The summed E-state index contributed by atoms with van der Waals surface area (Å²) in [6.45, 7) is 8.21. The van der Waals surface area contributed by atoms with Crippen LogP contribution in [0.15, 0.2) is 24.5 Å². The van der Waals surface area contributed by atoms with Crippen LogP contribution in [-0.2, 0) is 4.79 Å². The highest BCUT2D eigenvalue weighted by atomic mass is 16.2. The zero-order valence-electron chi connectivity index (χ0n) is 19.1. The molecule has 4 rings (SSSR count). The predicted molar refractivity (Wildman–Crippen MR) is 122 cm³/mol. The zero-order chi connectivity index (χ0) is 21.8. The zero-order valence-corrected chi connectivity index (χ0v) is 19.1. The van der Waals surface area contributed by atoms with Crippen molar-refractivity contribution in [2.75, 3.05) is 26.2 Å². The summed E-state index contributed by atoms with van der Waals surface area (Å²) >= 11 is 0. The highest BCUT2D eigenvalue weighted by Crippen LogP contribution is 2.43. The summed E-state index contributed by atoms with van der Waals surface area (Å²) in [6, 6.07) is 4.55. The van der Waals surface area contributed by atoms with Crippen molar-refractivity contribution in [3.8, 4) is 0 Å². The van der Waals surface area contributed by atoms with Gasteiger partial charge in [-0.05, 0) is 81.5 Å². The molecule has 4 heterocycles. The van der Waals surface area contributed by atoms with Crippen LogP contribution in [0.5, 0.6) is 0 Å². The average Bonchev–Trinajstić information content (AvgIpc) is 2.79. The lowest BCUT2D eigenvalue weighted by Crippen LogP contribution is -2.65. The van der Waals surface area contributed by atoms with Gasteiger partial charge in [0.2, 0.25) is 5.91 Å². The number of hydrogen-bond acceptors (Lipinski definition) is 4. The van der Waals surface area contributed by atoms with E-state index in [4.69, 9.17) is 0 Å². The van der Waals surface area contributed by atoms with E-state index in [0.717, 1.165) is 25.9 Å². The third kappa shape index (κ3) is 5.11. The van der Waals surface area contributed by atoms with Gasteiger partial charge in [0.1, 0.15) is 0 Å². The van der Waals surface area contributed by atoms with Crippen LogP contribution < -0.4 is 5.32 Å². The lowest BCUT2D eigenvalue weighted by atomic mass is 9.69. The van der Waals surface area contributed by atoms with Gasteiger partial charge in [-0.15, -0.1) is 0 Å². The highest BCUT2D eigenvalue weighted by Gasteiger charge is 2.49. The molecule has 170 valence electrons. The van der Waals surface area contributed by atoms with Crippen molar-refractivity contribution in [2.45, 2.75) is 70.9 Å². The van der Waals surface area contributed by atoms with Gasteiger partial charge in [0.05, 0.1) is 5.56 Å². The van der Waals surface area contributed by atoms with E-state index in [9.17, 15) is 9.59 Å². The van der Waals surface area contributed by atoms with E-state index in [2.05, 4.69) is 33.9 Å². The lowest BCUT2D eigenvalue weighted by Gasteiger charge is -2.57. The SMILES string of the molecule is CC(C)CNC(=O)CCC[C@@H]1[C@H]2CCCN3CCC[C@@H](CN1C(=O)c1cccnc1)[C@@H]23. The summed E-state index contributed by atoms with van der Waals surface area (Å²) < 4.78 is 0. The van der Waals surface area contributed by atoms with Crippen LogP contribution in [0, 0.1) is 17.8 Å². The Balaban J connectivity index is 1.49. The van der Waals surface area contributed by atoms with Gasteiger partial charge in [-0.1, -0.05) is 13.8 Å². The van der Waals surface area contributed by atoms with E-state index in [1.54, 1.807) is 12.4 Å². The van der Waals surface area contributed by atoms with Crippen molar-refractivity contribution in [1.82, 2.24) is 20.1 Å². The lowest BCUT2D eigenvalue weighted by molar-refractivity contribution is -0.121. The van der Waals surface area contributed by atoms with Crippen LogP contribution >= 0.6 is 0 Å². The molecule has 4 atom stereocenters. The number of piperidine rings is 3. The number of carbonyl (C=O) groups is 2. The largest absolute Gasteiger partial charge is 0.356 e. The normalized spacial score (nSPS) is 28.3. The summed E-state index contributed by atoms with van der Waals surface area (Å²) in [5.41, 5.74) is 0.684. The molecule has 3 aliphatic rings. The van der Waals surface area contributed by atoms with E-state index in [0.29, 0.717) is 35.8 Å². The molecule has 3 aliphatic heterocycles. The number of nitrogens with zero attached hydrogens (tertiary/aromatic N) is 3. The van der Waals surface area contributed by atoms with Crippen molar-refractivity contribution in [2.24, 2.45) is 17.8 Å². The number of hydrogen-bond donors (Lipinski definition) is 1. The van der Waals surface area contributed by atoms with E-state index in [1.807, 2.05) is 12.1 Å². The Labute approximate surface area is 186 Å². The van der Waals surface area contributed by atoms with Crippen LogP contribution in [0.3, 0.4) is 0 Å². The fraction of sp³-hybridized carbons (Fsp3) is 0.720. The molecule has 1 N–H and O–H groups in total. The number of pyridine rings is 1. The standard InChI is InChI=1S/C25H38N4O2/c1-18(2)15-27-23(30)11-3-10-22-21-9-6-14-28-13-5-8-20(24(21)28)17-29(22)25(31)19-7-4-12-26-16-19/h4,7,12,16,18,20-22,24H,3,5-6,8-11,13-15,17H2,1-2H3,(H,27,30)/t20-,21+,22+,24-/m0/s1. The molecule has 0 radical (unpaired) electrons. The first-order chi connectivity index (χ1) is 15.0. The van der Waals surface area contributed by atoms with Gasteiger partial charge in [-0.3, -0.25) is 19.5 Å². The molecule has 31 heavy (non-hydrogen) atoms. The minimum absolute atomic E-state index is 0.114. The molecule has 0 aromatic carbocycles. The van der Waals surface area contributed by atoms with Gasteiger partial charge in [-0.25, -0.2) is 0 Å². The summed E-state index contributed by atoms with van der Waals surface area (Å²) in [5.74, 6) is 1.81. The maximum Gasteiger partial charge on any atom is 0.255 e. The molecule has 1 aromatic rings. The second-order valence-electron chi connectivity index (χ2n) is 10.1. The molecular formula is C25H38N4O2. The molecule has 3 fully saturated rings. The van der Waals surface area contributed by atoms with Crippen molar-refractivity contribution >= 4 is 11.8 Å². The highest BCUT2D eigenvalue weighted by molar-refractivity contribution is 5.94.